The van der Waals surface area contributed by atoms with Crippen LogP contribution < -0.4 is 10.1 Å². The lowest BCUT2D eigenvalue weighted by Crippen LogP contribution is -2.52. The maximum absolute atomic E-state index is 12.3. The molecule has 1 aromatic carbocycles. The van der Waals surface area contributed by atoms with Crippen molar-refractivity contribution < 1.29 is 9.53 Å². The van der Waals surface area contributed by atoms with Crippen LogP contribution in [0.5, 0.6) is 5.75 Å². The summed E-state index contributed by atoms with van der Waals surface area (Å²) >= 11 is 0. The molecule has 0 aliphatic carbocycles. The number of nitrogens with one attached hydrogen (secondary N) is 1. The summed E-state index contributed by atoms with van der Waals surface area (Å²) < 4.78 is 5.49. The summed E-state index contributed by atoms with van der Waals surface area (Å²) in [4.78, 5) is 14.3. The van der Waals surface area contributed by atoms with E-state index in [0.717, 1.165) is 44.0 Å². The first kappa shape index (κ1) is 12.5. The topological polar surface area (TPSA) is 41.6 Å². The van der Waals surface area contributed by atoms with Crippen molar-refractivity contribution in [1.29, 1.82) is 0 Å². The molecule has 0 spiro atoms. The normalized spacial score (nSPS) is 21.9. The Hall–Kier alpha value is -1.55. The number of piperazine rings is 1. The molecule has 4 nitrogen and oxygen atoms in total. The minimum Gasteiger partial charge on any atom is -0.493 e. The Morgan fingerprint density at radius 1 is 1.53 bits per heavy atom. The van der Waals surface area contributed by atoms with Crippen molar-refractivity contribution in [3.05, 3.63) is 29.3 Å². The first-order valence-electron chi connectivity index (χ1n) is 6.99. The van der Waals surface area contributed by atoms with Crippen molar-refractivity contribution >= 4 is 5.91 Å². The van der Waals surface area contributed by atoms with Crippen molar-refractivity contribution in [2.75, 3.05) is 26.2 Å². The number of fused-ring (bicyclic) bond motifs is 1. The Balaban J connectivity index is 1.69. The van der Waals surface area contributed by atoms with Gasteiger partial charge in [0.25, 0.3) is 0 Å². The number of rotatable bonds is 2. The van der Waals surface area contributed by atoms with Crippen molar-refractivity contribution in [2.45, 2.75) is 25.8 Å². The van der Waals surface area contributed by atoms with Gasteiger partial charge in [-0.25, -0.2) is 0 Å². The van der Waals surface area contributed by atoms with Gasteiger partial charge in [-0.1, -0.05) is 12.1 Å². The molecule has 102 valence electrons. The van der Waals surface area contributed by atoms with Crippen LogP contribution in [0.4, 0.5) is 0 Å². The Labute approximate surface area is 113 Å². The van der Waals surface area contributed by atoms with Crippen molar-refractivity contribution in [2.24, 2.45) is 0 Å². The molecule has 0 radical (unpaired) electrons. The molecule has 2 heterocycles. The lowest BCUT2D eigenvalue weighted by Gasteiger charge is -2.34. The van der Waals surface area contributed by atoms with Crippen LogP contribution in [-0.2, 0) is 17.6 Å². The zero-order valence-electron chi connectivity index (χ0n) is 11.3. The largest absolute Gasteiger partial charge is 0.493 e. The molecule has 1 amide bonds. The summed E-state index contributed by atoms with van der Waals surface area (Å²) in [5.74, 6) is 1.21. The average molecular weight is 260 g/mol. The van der Waals surface area contributed by atoms with E-state index in [9.17, 15) is 4.79 Å². The molecule has 1 atom stereocenters. The highest BCUT2D eigenvalue weighted by molar-refractivity contribution is 5.79. The Bertz CT molecular complexity index is 487. The highest BCUT2D eigenvalue weighted by Gasteiger charge is 2.23. The van der Waals surface area contributed by atoms with Crippen LogP contribution >= 0.6 is 0 Å². The van der Waals surface area contributed by atoms with Gasteiger partial charge in [0.05, 0.1) is 13.0 Å². The molecule has 2 aliphatic rings. The summed E-state index contributed by atoms with van der Waals surface area (Å²) in [6, 6.07) is 6.41. The lowest BCUT2D eigenvalue weighted by atomic mass is 10.0. The van der Waals surface area contributed by atoms with E-state index in [4.69, 9.17) is 4.74 Å². The van der Waals surface area contributed by atoms with E-state index < -0.39 is 0 Å². The second-order valence-corrected chi connectivity index (χ2v) is 5.36. The van der Waals surface area contributed by atoms with Gasteiger partial charge in [-0.3, -0.25) is 4.79 Å². The van der Waals surface area contributed by atoms with Crippen LogP contribution in [0.1, 0.15) is 18.1 Å². The predicted octanol–water partition coefficient (Wildman–Crippen LogP) is 0.984. The van der Waals surface area contributed by atoms with Gasteiger partial charge in [0.15, 0.2) is 0 Å². The van der Waals surface area contributed by atoms with Crippen molar-refractivity contribution in [1.82, 2.24) is 10.2 Å². The quantitative estimate of drug-likeness (QED) is 0.862. The monoisotopic (exact) mass is 260 g/mol. The Kier molecular flexibility index (Phi) is 3.42. The van der Waals surface area contributed by atoms with Gasteiger partial charge >= 0.3 is 0 Å². The first-order chi connectivity index (χ1) is 9.24. The molecule has 0 saturated carbocycles. The van der Waals surface area contributed by atoms with E-state index in [-0.39, 0.29) is 5.91 Å². The van der Waals surface area contributed by atoms with Crippen molar-refractivity contribution in [3.63, 3.8) is 0 Å². The number of carbonyl (C=O) groups is 1. The summed E-state index contributed by atoms with van der Waals surface area (Å²) in [7, 11) is 0. The predicted molar refractivity (Wildman–Crippen MR) is 73.4 cm³/mol. The maximum Gasteiger partial charge on any atom is 0.227 e. The molecule has 1 fully saturated rings. The molecular weight excluding hydrogens is 240 g/mol. The fourth-order valence-electron chi connectivity index (χ4n) is 2.84. The number of carbonyl (C=O) groups excluding carboxylic acids is 1. The van der Waals surface area contributed by atoms with Crippen LogP contribution in [0.2, 0.25) is 0 Å². The van der Waals surface area contributed by atoms with E-state index in [2.05, 4.69) is 18.3 Å². The first-order valence-corrected chi connectivity index (χ1v) is 6.99. The highest BCUT2D eigenvalue weighted by atomic mass is 16.5. The molecule has 0 aromatic heterocycles. The zero-order chi connectivity index (χ0) is 13.2. The average Bonchev–Trinajstić information content (AvgIpc) is 2.86. The van der Waals surface area contributed by atoms with E-state index in [0.29, 0.717) is 12.5 Å². The number of hydrogen-bond donors (Lipinski definition) is 1. The van der Waals surface area contributed by atoms with E-state index in [1.165, 1.54) is 5.56 Å². The SMILES string of the molecule is CC1CNCCN1C(=O)Cc1ccc2c(c1)CCO2. The third-order valence-corrected chi connectivity index (χ3v) is 3.93. The van der Waals surface area contributed by atoms with Gasteiger partial charge in [-0.2, -0.15) is 0 Å². The Morgan fingerprint density at radius 3 is 3.26 bits per heavy atom. The number of amides is 1. The van der Waals surface area contributed by atoms with Crippen LogP contribution in [-0.4, -0.2) is 43.1 Å². The standard InChI is InChI=1S/C15H20N2O2/c1-11-10-16-5-6-17(11)15(18)9-12-2-3-14-13(8-12)4-7-19-14/h2-3,8,11,16H,4-7,9-10H2,1H3. The van der Waals surface area contributed by atoms with Crippen LogP contribution in [0.25, 0.3) is 0 Å². The van der Waals surface area contributed by atoms with Gasteiger partial charge < -0.3 is 15.0 Å². The fourth-order valence-corrected chi connectivity index (χ4v) is 2.84. The van der Waals surface area contributed by atoms with Gasteiger partial charge in [0, 0.05) is 32.1 Å². The highest BCUT2D eigenvalue weighted by Crippen LogP contribution is 2.26. The number of nitrogens with zero attached hydrogens (tertiary/aromatic N) is 1. The molecule has 3 rings (SSSR count). The lowest BCUT2D eigenvalue weighted by molar-refractivity contribution is -0.133. The van der Waals surface area contributed by atoms with Gasteiger partial charge in [-0.15, -0.1) is 0 Å². The van der Waals surface area contributed by atoms with E-state index in [1.54, 1.807) is 0 Å². The summed E-state index contributed by atoms with van der Waals surface area (Å²) in [6.07, 6.45) is 1.46. The Morgan fingerprint density at radius 2 is 2.42 bits per heavy atom. The summed E-state index contributed by atoms with van der Waals surface area (Å²) in [5.41, 5.74) is 2.33. The maximum atomic E-state index is 12.3. The smallest absolute Gasteiger partial charge is 0.227 e. The van der Waals surface area contributed by atoms with E-state index in [1.807, 2.05) is 17.0 Å². The third-order valence-electron chi connectivity index (χ3n) is 3.93. The molecule has 1 N–H and O–H groups in total. The van der Waals surface area contributed by atoms with Crippen LogP contribution in [0, 0.1) is 0 Å². The number of benzene rings is 1. The molecule has 1 aromatic rings. The summed E-state index contributed by atoms with van der Waals surface area (Å²) in [6.45, 7) is 5.47. The van der Waals surface area contributed by atoms with Gasteiger partial charge in [-0.05, 0) is 24.1 Å². The van der Waals surface area contributed by atoms with Crippen LogP contribution in [0.3, 0.4) is 0 Å². The second-order valence-electron chi connectivity index (χ2n) is 5.36. The number of ether oxygens (including phenoxy) is 1. The molecule has 1 saturated heterocycles. The van der Waals surface area contributed by atoms with Crippen LogP contribution in [0.15, 0.2) is 18.2 Å². The fraction of sp³-hybridized carbons (Fsp3) is 0.533. The molecule has 4 heteroatoms. The van der Waals surface area contributed by atoms with Gasteiger partial charge in [0.1, 0.15) is 5.75 Å². The third kappa shape index (κ3) is 2.59. The molecule has 1 unspecified atom stereocenters. The number of hydrogen-bond acceptors (Lipinski definition) is 3. The molecule has 2 aliphatic heterocycles. The van der Waals surface area contributed by atoms with Crippen molar-refractivity contribution in [3.8, 4) is 5.75 Å². The van der Waals surface area contributed by atoms with Gasteiger partial charge in [0.2, 0.25) is 5.91 Å². The summed E-state index contributed by atoms with van der Waals surface area (Å²) in [5, 5.41) is 3.31. The molecular formula is C15H20N2O2. The molecule has 19 heavy (non-hydrogen) atoms. The zero-order valence-corrected chi connectivity index (χ0v) is 11.3. The minimum atomic E-state index is 0.230. The minimum absolute atomic E-state index is 0.230. The molecule has 0 bridgehead atoms. The van der Waals surface area contributed by atoms with E-state index >= 15 is 0 Å². The second kappa shape index (κ2) is 5.21.